The predicted octanol–water partition coefficient (Wildman–Crippen LogP) is 17.6. The van der Waals surface area contributed by atoms with Gasteiger partial charge in [0.05, 0.1) is 56.2 Å². The summed E-state index contributed by atoms with van der Waals surface area (Å²) in [7, 11) is 0. The van der Waals surface area contributed by atoms with Crippen LogP contribution >= 0.6 is 0 Å². The van der Waals surface area contributed by atoms with Gasteiger partial charge < -0.3 is 18.6 Å². The van der Waals surface area contributed by atoms with Crippen LogP contribution in [0.3, 0.4) is 0 Å². The highest BCUT2D eigenvalue weighted by molar-refractivity contribution is 6.32. The maximum Gasteiger partial charge on any atom is 0.0641 e. The first-order chi connectivity index (χ1) is 34.8. The van der Waals surface area contributed by atoms with Crippen molar-refractivity contribution in [1.82, 2.24) is 8.80 Å². The van der Waals surface area contributed by atoms with E-state index in [1.54, 1.807) is 0 Å². The lowest BCUT2D eigenvalue weighted by atomic mass is 9.92. The largest absolute Gasteiger partial charge is 0.333 e. The molecule has 1 unspecified atom stereocenters. The molecule has 15 rings (SSSR count). The van der Waals surface area contributed by atoms with Gasteiger partial charge in [-0.2, -0.15) is 0 Å². The Kier molecular flexibility index (Phi) is 8.58. The van der Waals surface area contributed by atoms with E-state index >= 15 is 0 Å². The Morgan fingerprint density at radius 3 is 1.63 bits per heavy atom. The molecule has 0 saturated carbocycles. The molecule has 0 N–H and O–H groups in total. The van der Waals surface area contributed by atoms with Crippen LogP contribution in [0.1, 0.15) is 24.8 Å². The number of anilines is 4. The molecule has 0 aliphatic heterocycles. The van der Waals surface area contributed by atoms with E-state index in [0.29, 0.717) is 0 Å². The molecule has 2 aliphatic rings. The number of aromatic nitrogens is 2. The van der Waals surface area contributed by atoms with Crippen LogP contribution in [0.15, 0.2) is 242 Å². The summed E-state index contributed by atoms with van der Waals surface area (Å²) in [4.78, 5) is 5.13. The van der Waals surface area contributed by atoms with Crippen LogP contribution < -0.4 is 9.80 Å². The van der Waals surface area contributed by atoms with Crippen molar-refractivity contribution in [2.24, 2.45) is 0 Å². The molecular formula is C66H46N4. The Labute approximate surface area is 405 Å². The fourth-order valence-corrected chi connectivity index (χ4v) is 12.4. The number of para-hydroxylation sites is 4. The Bertz CT molecular complexity index is 4320. The smallest absolute Gasteiger partial charge is 0.0641 e. The molecular weight excluding hydrogens is 849 g/mol. The van der Waals surface area contributed by atoms with Gasteiger partial charge in [-0.1, -0.05) is 182 Å². The van der Waals surface area contributed by atoms with Crippen molar-refractivity contribution >= 4 is 105 Å². The number of hydrogen-bond donors (Lipinski definition) is 0. The van der Waals surface area contributed by atoms with E-state index in [1.807, 2.05) is 0 Å². The highest BCUT2D eigenvalue weighted by Gasteiger charge is 2.31. The second-order valence-electron chi connectivity index (χ2n) is 19.0. The van der Waals surface area contributed by atoms with Gasteiger partial charge in [0.25, 0.3) is 0 Å². The van der Waals surface area contributed by atoms with Crippen LogP contribution in [-0.2, 0) is 0 Å². The highest BCUT2D eigenvalue weighted by Crippen LogP contribution is 2.52. The number of fused-ring (bicyclic) bond motifs is 12. The minimum Gasteiger partial charge on any atom is -0.333 e. The number of rotatable bonds is 8. The zero-order chi connectivity index (χ0) is 45.9. The first-order valence-corrected chi connectivity index (χ1v) is 24.7. The molecule has 13 aromatic rings. The zero-order valence-electron chi connectivity index (χ0n) is 38.5. The third-order valence-electron chi connectivity index (χ3n) is 15.3. The summed E-state index contributed by atoms with van der Waals surface area (Å²) in [5.74, 6) is 0. The molecule has 70 heavy (non-hydrogen) atoms. The fraction of sp³-hybridized carbons (Fsp3) is 0.0606. The van der Waals surface area contributed by atoms with Crippen molar-refractivity contribution in [2.75, 3.05) is 9.80 Å². The Hall–Kier alpha value is -8.86. The van der Waals surface area contributed by atoms with Crippen LogP contribution in [-0.4, -0.2) is 14.8 Å². The monoisotopic (exact) mass is 894 g/mol. The summed E-state index contributed by atoms with van der Waals surface area (Å²) < 4.78 is 5.13. The maximum atomic E-state index is 2.66. The van der Waals surface area contributed by atoms with Gasteiger partial charge in [-0.15, -0.1) is 0 Å². The normalized spacial score (nSPS) is 15.2. The van der Waals surface area contributed by atoms with Crippen molar-refractivity contribution in [2.45, 2.75) is 25.3 Å². The second kappa shape index (κ2) is 15.3. The van der Waals surface area contributed by atoms with Gasteiger partial charge in [0.2, 0.25) is 0 Å². The van der Waals surface area contributed by atoms with Crippen molar-refractivity contribution < 1.29 is 0 Å². The third-order valence-corrected chi connectivity index (χ3v) is 15.3. The van der Waals surface area contributed by atoms with E-state index < -0.39 is 0 Å². The van der Waals surface area contributed by atoms with Crippen LogP contribution in [0.25, 0.3) is 92.9 Å². The van der Waals surface area contributed by atoms with Gasteiger partial charge in [0.1, 0.15) is 0 Å². The topological polar surface area (TPSA) is 15.3 Å². The van der Waals surface area contributed by atoms with Crippen molar-refractivity contribution in [3.63, 3.8) is 0 Å². The summed E-state index contributed by atoms with van der Waals surface area (Å²) in [6.07, 6.45) is 17.1. The predicted molar refractivity (Wildman–Crippen MR) is 297 cm³/mol. The quantitative estimate of drug-likeness (QED) is 0.151. The van der Waals surface area contributed by atoms with Crippen LogP contribution in [0.4, 0.5) is 22.7 Å². The van der Waals surface area contributed by atoms with Gasteiger partial charge in [-0.25, -0.2) is 0 Å². The van der Waals surface area contributed by atoms with E-state index in [-0.39, 0.29) is 6.04 Å². The van der Waals surface area contributed by atoms with Crippen LogP contribution in [0.2, 0.25) is 0 Å². The molecule has 1 atom stereocenters. The van der Waals surface area contributed by atoms with Gasteiger partial charge in [-0.05, 0) is 85.0 Å². The number of allylic oxidation sites excluding steroid dienone is 5. The van der Waals surface area contributed by atoms with Crippen molar-refractivity contribution in [3.8, 4) is 11.1 Å². The number of nitrogens with zero attached hydrogens (tertiary/aromatic N) is 4. The standard InChI is InChI=1S/C66H46N4/c1-5-21-43(22-6-1)47-29-13-17-33-55(47)67(45-25-9-3-10-26-45)59-39-37-49-53-41-62-54(42-61(53)69-57-35-19-15-31-51(57)63(59)65(49)69)50-38-40-60(64-52-32-16-20-36-58(52)70(62)66(50)64)68(46-27-11-4-12-28-46)56-34-18-14-30-48(56)44-23-7-2-8-24-44/h1-13,15-17,19-27,29-42,46H,14,18,28H2. The molecule has 0 saturated heterocycles. The molecule has 4 nitrogen and oxygen atoms in total. The summed E-state index contributed by atoms with van der Waals surface area (Å²) >= 11 is 0. The Morgan fingerprint density at radius 1 is 0.414 bits per heavy atom. The molecule has 330 valence electrons. The molecule has 0 radical (unpaired) electrons. The molecule has 4 heterocycles. The number of hydrogen-bond acceptors (Lipinski definition) is 2. The molecule has 0 spiro atoms. The van der Waals surface area contributed by atoms with Gasteiger partial charge in [-0.3, -0.25) is 0 Å². The Morgan fingerprint density at radius 2 is 0.971 bits per heavy atom. The average Bonchev–Trinajstić information content (AvgIpc) is 4.16. The Balaban J connectivity index is 0.999. The molecule has 4 aromatic heterocycles. The average molecular weight is 895 g/mol. The lowest BCUT2D eigenvalue weighted by Gasteiger charge is -2.37. The lowest BCUT2D eigenvalue weighted by Crippen LogP contribution is -2.34. The van der Waals surface area contributed by atoms with Crippen molar-refractivity contribution in [3.05, 3.63) is 248 Å². The van der Waals surface area contributed by atoms with E-state index in [4.69, 9.17) is 0 Å². The summed E-state index contributed by atoms with van der Waals surface area (Å²) in [6, 6.07) is 74.3. The van der Waals surface area contributed by atoms with Crippen LogP contribution in [0.5, 0.6) is 0 Å². The summed E-state index contributed by atoms with van der Waals surface area (Å²) in [6.45, 7) is 0. The lowest BCUT2D eigenvalue weighted by molar-refractivity contribution is 0.760. The molecule has 0 fully saturated rings. The minimum absolute atomic E-state index is 0.167. The van der Waals surface area contributed by atoms with Crippen LogP contribution in [0, 0.1) is 0 Å². The molecule has 0 bridgehead atoms. The van der Waals surface area contributed by atoms with E-state index in [1.165, 1.54) is 110 Å². The minimum atomic E-state index is 0.167. The SMILES string of the molecule is C1=CCC(N(C2=CCCC=C2c2ccccc2)c2ccc3c4cc5c(cc4n4c6ccccc6c2c34)c2ccc(N(c3ccccc3)c3ccccc3-c3ccccc3)c3c4ccccc4n5c23)C=C1. The third kappa shape index (κ3) is 5.59. The molecule has 0 amide bonds. The summed E-state index contributed by atoms with van der Waals surface area (Å²) in [5, 5.41) is 10.2. The maximum absolute atomic E-state index is 2.66. The molecule has 4 heteroatoms. The number of benzene rings is 9. The van der Waals surface area contributed by atoms with E-state index in [0.717, 1.165) is 36.3 Å². The van der Waals surface area contributed by atoms with E-state index in [9.17, 15) is 0 Å². The summed E-state index contributed by atoms with van der Waals surface area (Å²) in [5.41, 5.74) is 18.4. The van der Waals surface area contributed by atoms with Gasteiger partial charge >= 0.3 is 0 Å². The first-order valence-electron chi connectivity index (χ1n) is 24.7. The first kappa shape index (κ1) is 39.2. The fourth-order valence-electron chi connectivity index (χ4n) is 12.4. The van der Waals surface area contributed by atoms with E-state index in [2.05, 4.69) is 255 Å². The van der Waals surface area contributed by atoms with Gasteiger partial charge in [0.15, 0.2) is 0 Å². The highest BCUT2D eigenvalue weighted by atomic mass is 15.2. The second-order valence-corrected chi connectivity index (χ2v) is 19.0. The molecule has 9 aromatic carbocycles. The van der Waals surface area contributed by atoms with Crippen molar-refractivity contribution in [1.29, 1.82) is 0 Å². The zero-order valence-corrected chi connectivity index (χ0v) is 38.5. The molecule has 2 aliphatic carbocycles. The van der Waals surface area contributed by atoms with Gasteiger partial charge in [0, 0.05) is 65.6 Å².